The lowest BCUT2D eigenvalue weighted by atomic mass is 9.98. The van der Waals surface area contributed by atoms with Crippen molar-refractivity contribution < 1.29 is 9.59 Å². The molecule has 29 heavy (non-hydrogen) atoms. The average molecular weight is 449 g/mol. The van der Waals surface area contributed by atoms with Crippen LogP contribution in [0.25, 0.3) is 10.6 Å². The zero-order valence-corrected chi connectivity index (χ0v) is 18.4. The topological polar surface area (TPSA) is 84.0 Å². The Balaban J connectivity index is 1.67. The summed E-state index contributed by atoms with van der Waals surface area (Å²) in [6, 6.07) is 10.4. The number of aromatic nitrogens is 2. The zero-order valence-electron chi connectivity index (χ0n) is 16.0. The average Bonchev–Trinajstić information content (AvgIpc) is 3.37. The molecule has 2 amide bonds. The van der Waals surface area contributed by atoms with Crippen molar-refractivity contribution in [3.63, 3.8) is 0 Å². The summed E-state index contributed by atoms with van der Waals surface area (Å²) in [6.45, 7) is 3.92. The smallest absolute Gasteiger partial charge is 0.249 e. The number of hydrogen-bond acceptors (Lipinski definition) is 6. The van der Waals surface area contributed by atoms with Crippen molar-refractivity contribution in [2.45, 2.75) is 32.7 Å². The summed E-state index contributed by atoms with van der Waals surface area (Å²) in [5.41, 5.74) is 0.832. The van der Waals surface area contributed by atoms with Gasteiger partial charge in [-0.25, -0.2) is 0 Å². The summed E-state index contributed by atoms with van der Waals surface area (Å²) in [7, 11) is 0. The van der Waals surface area contributed by atoms with Crippen molar-refractivity contribution >= 4 is 51.2 Å². The molecule has 3 rings (SSSR count). The standard InChI is InChI=1S/C20H21ClN4O2S2/c1-3-12(2)17(22-16(26)11-15-8-5-9-28-15)18(27)23-20-25-24-19(29-20)13-6-4-7-14(21)10-13/h4-10,12,17H,3,11H2,1-2H3,(H,22,26)(H,23,25,27). The minimum Gasteiger partial charge on any atom is -0.344 e. The molecule has 6 nitrogen and oxygen atoms in total. The van der Waals surface area contributed by atoms with Gasteiger partial charge >= 0.3 is 0 Å². The lowest BCUT2D eigenvalue weighted by Gasteiger charge is -2.22. The largest absolute Gasteiger partial charge is 0.344 e. The van der Waals surface area contributed by atoms with Gasteiger partial charge in [0.05, 0.1) is 6.42 Å². The van der Waals surface area contributed by atoms with Crippen molar-refractivity contribution in [2.24, 2.45) is 5.92 Å². The van der Waals surface area contributed by atoms with E-state index in [0.717, 1.165) is 16.9 Å². The van der Waals surface area contributed by atoms with Crippen LogP contribution in [0.4, 0.5) is 5.13 Å². The molecule has 0 radical (unpaired) electrons. The van der Waals surface area contributed by atoms with Crippen LogP contribution in [0.2, 0.25) is 5.02 Å². The molecule has 2 aromatic heterocycles. The second kappa shape index (κ2) is 9.96. The summed E-state index contributed by atoms with van der Waals surface area (Å²) < 4.78 is 0. The molecule has 3 aromatic rings. The van der Waals surface area contributed by atoms with Gasteiger partial charge in [0.1, 0.15) is 11.0 Å². The molecule has 0 aliphatic carbocycles. The van der Waals surface area contributed by atoms with Crippen LogP contribution in [0.15, 0.2) is 41.8 Å². The molecule has 0 bridgehead atoms. The molecule has 0 aliphatic heterocycles. The summed E-state index contributed by atoms with van der Waals surface area (Å²) in [6.07, 6.45) is 1.01. The first-order valence-electron chi connectivity index (χ1n) is 9.18. The maximum absolute atomic E-state index is 12.8. The fourth-order valence-electron chi connectivity index (χ4n) is 2.69. The molecule has 2 atom stereocenters. The molecule has 152 valence electrons. The van der Waals surface area contributed by atoms with E-state index >= 15 is 0 Å². The predicted molar refractivity (Wildman–Crippen MR) is 118 cm³/mol. The van der Waals surface area contributed by atoms with Crippen LogP contribution in [0, 0.1) is 5.92 Å². The first-order valence-corrected chi connectivity index (χ1v) is 11.3. The number of amides is 2. The Morgan fingerprint density at radius 1 is 1.21 bits per heavy atom. The number of carbonyl (C=O) groups excluding carboxylic acids is 2. The van der Waals surface area contributed by atoms with Crippen LogP contribution in [-0.4, -0.2) is 28.1 Å². The SMILES string of the molecule is CCC(C)C(NC(=O)Cc1cccs1)C(=O)Nc1nnc(-c2cccc(Cl)c2)s1. The van der Waals surface area contributed by atoms with Crippen LogP contribution >= 0.6 is 34.3 Å². The molecular weight excluding hydrogens is 428 g/mol. The van der Waals surface area contributed by atoms with Gasteiger partial charge in [0.25, 0.3) is 0 Å². The Morgan fingerprint density at radius 3 is 2.72 bits per heavy atom. The van der Waals surface area contributed by atoms with Gasteiger partial charge in [-0.05, 0) is 29.5 Å². The van der Waals surface area contributed by atoms with Gasteiger partial charge in [-0.3, -0.25) is 14.9 Å². The van der Waals surface area contributed by atoms with Crippen LogP contribution in [0.3, 0.4) is 0 Å². The fourth-order valence-corrected chi connectivity index (χ4v) is 4.33. The molecule has 0 spiro atoms. The predicted octanol–water partition coefficient (Wildman–Crippen LogP) is 4.63. The zero-order chi connectivity index (χ0) is 20.8. The van der Waals surface area contributed by atoms with E-state index in [1.165, 1.54) is 22.7 Å². The Bertz CT molecular complexity index is 975. The van der Waals surface area contributed by atoms with E-state index in [1.54, 1.807) is 12.1 Å². The van der Waals surface area contributed by atoms with Crippen molar-refractivity contribution in [3.8, 4) is 10.6 Å². The summed E-state index contributed by atoms with van der Waals surface area (Å²) >= 11 is 8.80. The third-order valence-electron chi connectivity index (χ3n) is 4.45. The molecule has 2 N–H and O–H groups in total. The maximum Gasteiger partial charge on any atom is 0.249 e. The monoisotopic (exact) mass is 448 g/mol. The van der Waals surface area contributed by atoms with Crippen molar-refractivity contribution in [3.05, 3.63) is 51.7 Å². The second-order valence-electron chi connectivity index (χ2n) is 6.60. The van der Waals surface area contributed by atoms with Gasteiger partial charge in [0.15, 0.2) is 0 Å². The fraction of sp³-hybridized carbons (Fsp3) is 0.300. The highest BCUT2D eigenvalue weighted by Crippen LogP contribution is 2.28. The second-order valence-corrected chi connectivity index (χ2v) is 9.05. The van der Waals surface area contributed by atoms with Gasteiger partial charge in [0, 0.05) is 15.5 Å². The van der Waals surface area contributed by atoms with Crippen LogP contribution in [0.5, 0.6) is 0 Å². The molecule has 9 heteroatoms. The number of anilines is 1. The molecular formula is C20H21ClN4O2S2. The Labute approximate surface area is 182 Å². The van der Waals surface area contributed by atoms with E-state index in [4.69, 9.17) is 11.6 Å². The van der Waals surface area contributed by atoms with Gasteiger partial charge in [-0.2, -0.15) is 0 Å². The molecule has 0 saturated carbocycles. The first kappa shape index (κ1) is 21.4. The van der Waals surface area contributed by atoms with Crippen LogP contribution < -0.4 is 10.6 Å². The number of nitrogens with one attached hydrogen (secondary N) is 2. The minimum atomic E-state index is -0.647. The molecule has 0 fully saturated rings. The molecule has 2 heterocycles. The number of rotatable bonds is 8. The first-order chi connectivity index (χ1) is 14.0. The number of hydrogen-bond donors (Lipinski definition) is 2. The molecule has 0 aliphatic rings. The summed E-state index contributed by atoms with van der Waals surface area (Å²) in [5.74, 6) is -0.500. The molecule has 2 unspecified atom stereocenters. The van der Waals surface area contributed by atoms with E-state index in [1.807, 2.05) is 43.5 Å². The Hall–Kier alpha value is -2.29. The highest BCUT2D eigenvalue weighted by atomic mass is 35.5. The van der Waals surface area contributed by atoms with Gasteiger partial charge in [-0.15, -0.1) is 21.5 Å². The molecule has 0 saturated heterocycles. The van der Waals surface area contributed by atoms with Gasteiger partial charge in [0.2, 0.25) is 16.9 Å². The number of nitrogens with zero attached hydrogens (tertiary/aromatic N) is 2. The van der Waals surface area contributed by atoms with Crippen molar-refractivity contribution in [1.82, 2.24) is 15.5 Å². The number of benzene rings is 1. The number of halogens is 1. The quantitative estimate of drug-likeness (QED) is 0.526. The van der Waals surface area contributed by atoms with Crippen LogP contribution in [-0.2, 0) is 16.0 Å². The molecule has 1 aromatic carbocycles. The van der Waals surface area contributed by atoms with E-state index in [2.05, 4.69) is 20.8 Å². The highest BCUT2D eigenvalue weighted by molar-refractivity contribution is 7.18. The normalized spacial score (nSPS) is 12.9. The minimum absolute atomic E-state index is 0.0254. The lowest BCUT2D eigenvalue weighted by molar-refractivity contribution is -0.127. The van der Waals surface area contributed by atoms with E-state index in [9.17, 15) is 9.59 Å². The van der Waals surface area contributed by atoms with Crippen LogP contribution in [0.1, 0.15) is 25.1 Å². The van der Waals surface area contributed by atoms with E-state index in [-0.39, 0.29) is 24.2 Å². The summed E-state index contributed by atoms with van der Waals surface area (Å²) in [4.78, 5) is 26.2. The third-order valence-corrected chi connectivity index (χ3v) is 6.45. The van der Waals surface area contributed by atoms with Gasteiger partial charge in [-0.1, -0.05) is 61.4 Å². The Kier molecular flexibility index (Phi) is 7.35. The number of thiophene rings is 1. The van der Waals surface area contributed by atoms with E-state index < -0.39 is 6.04 Å². The highest BCUT2D eigenvalue weighted by Gasteiger charge is 2.27. The van der Waals surface area contributed by atoms with Crippen molar-refractivity contribution in [1.29, 1.82) is 0 Å². The number of carbonyl (C=O) groups is 2. The van der Waals surface area contributed by atoms with Crippen molar-refractivity contribution in [2.75, 3.05) is 5.32 Å². The maximum atomic E-state index is 12.8. The lowest BCUT2D eigenvalue weighted by Crippen LogP contribution is -2.48. The third kappa shape index (κ3) is 5.85. The summed E-state index contributed by atoms with van der Waals surface area (Å²) in [5, 5.41) is 17.4. The Morgan fingerprint density at radius 2 is 2.03 bits per heavy atom. The van der Waals surface area contributed by atoms with E-state index in [0.29, 0.717) is 15.2 Å². The van der Waals surface area contributed by atoms with Gasteiger partial charge < -0.3 is 5.32 Å².